The predicted octanol–water partition coefficient (Wildman–Crippen LogP) is 4.50. The van der Waals surface area contributed by atoms with Gasteiger partial charge < -0.3 is 5.11 Å². The summed E-state index contributed by atoms with van der Waals surface area (Å²) in [5.41, 5.74) is 7.24. The van der Waals surface area contributed by atoms with Gasteiger partial charge in [-0.2, -0.15) is 0 Å². The zero-order chi connectivity index (χ0) is 13.7. The molecule has 0 fully saturated rings. The van der Waals surface area contributed by atoms with Crippen LogP contribution in [-0.2, 0) is 0 Å². The Hall–Kier alpha value is -1.26. The number of hydroxylamine groups is 2. The Morgan fingerprint density at radius 2 is 1.81 bits per heavy atom. The molecule has 1 aliphatic heterocycles. The lowest BCUT2D eigenvalue weighted by atomic mass is 9.79. The van der Waals surface area contributed by atoms with Gasteiger partial charge in [-0.3, -0.25) is 5.21 Å². The fourth-order valence-electron chi connectivity index (χ4n) is 3.86. The van der Waals surface area contributed by atoms with Crippen molar-refractivity contribution in [2.24, 2.45) is 0 Å². The van der Waals surface area contributed by atoms with Crippen LogP contribution in [0.1, 0.15) is 38.5 Å². The smallest absolute Gasteiger partial charge is 0.219 e. The highest BCUT2D eigenvalue weighted by molar-refractivity contribution is 8.93. The first-order valence-corrected chi connectivity index (χ1v) is 7.46. The molecule has 21 heavy (non-hydrogen) atoms. The van der Waals surface area contributed by atoms with E-state index in [1.165, 1.54) is 40.7 Å². The lowest BCUT2D eigenvalue weighted by Crippen LogP contribution is -2.29. The summed E-state index contributed by atoms with van der Waals surface area (Å²) in [5, 5.41) is 21.5. The van der Waals surface area contributed by atoms with Crippen LogP contribution in [0.15, 0.2) is 57.5 Å². The van der Waals surface area contributed by atoms with Gasteiger partial charge in [-0.05, 0) is 60.8 Å². The molecule has 2 N–H and O–H groups in total. The quantitative estimate of drug-likeness (QED) is 0.676. The van der Waals surface area contributed by atoms with E-state index in [1.54, 1.807) is 0 Å². The number of rotatable bonds is 0. The Balaban J connectivity index is 0.00000132. The van der Waals surface area contributed by atoms with E-state index in [0.29, 0.717) is 6.54 Å². The summed E-state index contributed by atoms with van der Waals surface area (Å²) in [7, 11) is 0. The molecule has 0 spiro atoms. The maximum Gasteiger partial charge on any atom is 0.219 e. The molecule has 0 bridgehead atoms. The first-order valence-electron chi connectivity index (χ1n) is 7.46. The van der Waals surface area contributed by atoms with E-state index in [-0.39, 0.29) is 22.9 Å². The zero-order valence-electron chi connectivity index (χ0n) is 11.9. The van der Waals surface area contributed by atoms with E-state index in [4.69, 9.17) is 0 Å². The molecule has 1 heterocycles. The normalized spacial score (nSPS) is 24.2. The van der Waals surface area contributed by atoms with Crippen LogP contribution in [-0.4, -0.2) is 21.9 Å². The lowest BCUT2D eigenvalue weighted by molar-refractivity contribution is -0.0884. The second-order valence-corrected chi connectivity index (χ2v) is 5.99. The minimum Gasteiger partial charge on any atom is -0.493 e. The largest absolute Gasteiger partial charge is 0.493 e. The molecule has 0 atom stereocenters. The molecule has 0 aromatic rings. The fourth-order valence-corrected chi connectivity index (χ4v) is 3.86. The third-order valence-electron chi connectivity index (χ3n) is 4.81. The van der Waals surface area contributed by atoms with Crippen molar-refractivity contribution in [3.63, 3.8) is 0 Å². The number of allylic oxidation sites excluding steroid dienone is 8. The maximum absolute atomic E-state index is 10.4. The van der Waals surface area contributed by atoms with Crippen LogP contribution in [0.5, 0.6) is 0 Å². The number of aliphatic hydroxyl groups excluding tert-OH is 1. The predicted molar refractivity (Wildman–Crippen MR) is 87.4 cm³/mol. The van der Waals surface area contributed by atoms with Gasteiger partial charge in [0.2, 0.25) is 5.88 Å². The Morgan fingerprint density at radius 1 is 1.00 bits per heavy atom. The standard InChI is InChI=1S/C17H19NO2.BrH/c19-17-16-14-7-2-1-4-11(14)8-9-12-5-3-6-13(15(12)16)10-18(17)20;/h3,5,9,19-20H,1-2,4,6-8,10H2;1H. The Bertz CT molecular complexity index is 637. The van der Waals surface area contributed by atoms with E-state index < -0.39 is 0 Å². The van der Waals surface area contributed by atoms with Crippen molar-refractivity contribution in [3.05, 3.63) is 57.5 Å². The summed E-state index contributed by atoms with van der Waals surface area (Å²) in [5.74, 6) is 0.0428. The molecule has 112 valence electrons. The third kappa shape index (κ3) is 2.21. The Labute approximate surface area is 135 Å². The van der Waals surface area contributed by atoms with E-state index in [2.05, 4.69) is 18.2 Å². The molecular formula is C17H20BrNO2. The highest BCUT2D eigenvalue weighted by atomic mass is 79.9. The summed E-state index contributed by atoms with van der Waals surface area (Å²) in [6.45, 7) is 0.412. The highest BCUT2D eigenvalue weighted by Gasteiger charge is 2.33. The third-order valence-corrected chi connectivity index (χ3v) is 4.81. The molecule has 0 aromatic carbocycles. The monoisotopic (exact) mass is 349 g/mol. The number of hydrogen-bond donors (Lipinski definition) is 2. The molecule has 0 saturated heterocycles. The van der Waals surface area contributed by atoms with Crippen LogP contribution in [0.25, 0.3) is 0 Å². The number of nitrogens with zero attached hydrogens (tertiary/aromatic N) is 1. The molecular weight excluding hydrogens is 330 g/mol. The van der Waals surface area contributed by atoms with Crippen LogP contribution in [0, 0.1) is 0 Å². The molecule has 0 saturated carbocycles. The van der Waals surface area contributed by atoms with E-state index >= 15 is 0 Å². The van der Waals surface area contributed by atoms with Crippen LogP contribution in [0.2, 0.25) is 0 Å². The van der Waals surface area contributed by atoms with Crippen molar-refractivity contribution < 1.29 is 10.3 Å². The van der Waals surface area contributed by atoms with Gasteiger partial charge in [0.1, 0.15) is 0 Å². The minimum absolute atomic E-state index is 0. The van der Waals surface area contributed by atoms with Gasteiger partial charge in [-0.1, -0.05) is 23.8 Å². The van der Waals surface area contributed by atoms with Gasteiger partial charge in [0.15, 0.2) is 0 Å². The summed E-state index contributed by atoms with van der Waals surface area (Å²) < 4.78 is 0. The number of halogens is 1. The van der Waals surface area contributed by atoms with Crippen molar-refractivity contribution in [3.8, 4) is 0 Å². The van der Waals surface area contributed by atoms with Crippen LogP contribution in [0.3, 0.4) is 0 Å². The molecule has 4 rings (SSSR count). The average Bonchev–Trinajstić information content (AvgIpc) is 2.63. The van der Waals surface area contributed by atoms with E-state index in [1.807, 2.05) is 0 Å². The Kier molecular flexibility index (Phi) is 3.84. The molecule has 0 unspecified atom stereocenters. The van der Waals surface area contributed by atoms with E-state index in [9.17, 15) is 10.3 Å². The van der Waals surface area contributed by atoms with Crippen LogP contribution >= 0.6 is 17.0 Å². The number of aliphatic hydroxyl groups is 1. The van der Waals surface area contributed by atoms with Gasteiger partial charge in [0, 0.05) is 5.57 Å². The van der Waals surface area contributed by atoms with Gasteiger partial charge in [-0.15, -0.1) is 17.0 Å². The Morgan fingerprint density at radius 3 is 2.67 bits per heavy atom. The summed E-state index contributed by atoms with van der Waals surface area (Å²) in [6, 6.07) is 0. The number of hydrogen-bond acceptors (Lipinski definition) is 3. The molecule has 0 amide bonds. The number of fused-ring (bicyclic) bond motifs is 1. The van der Waals surface area contributed by atoms with Crippen molar-refractivity contribution in [2.45, 2.75) is 38.5 Å². The molecule has 3 nitrogen and oxygen atoms in total. The second-order valence-electron chi connectivity index (χ2n) is 5.99. The van der Waals surface area contributed by atoms with Crippen LogP contribution in [0.4, 0.5) is 0 Å². The highest BCUT2D eigenvalue weighted by Crippen LogP contribution is 2.46. The van der Waals surface area contributed by atoms with E-state index in [0.717, 1.165) is 36.3 Å². The van der Waals surface area contributed by atoms with Gasteiger partial charge in [-0.25, -0.2) is 5.06 Å². The lowest BCUT2D eigenvalue weighted by Gasteiger charge is -2.33. The summed E-state index contributed by atoms with van der Waals surface area (Å²) >= 11 is 0. The van der Waals surface area contributed by atoms with Crippen LogP contribution < -0.4 is 0 Å². The van der Waals surface area contributed by atoms with Crippen molar-refractivity contribution in [1.29, 1.82) is 0 Å². The molecule has 0 radical (unpaired) electrons. The molecule has 4 heteroatoms. The summed E-state index contributed by atoms with van der Waals surface area (Å²) in [6.07, 6.45) is 13.0. The van der Waals surface area contributed by atoms with Gasteiger partial charge >= 0.3 is 0 Å². The van der Waals surface area contributed by atoms with Gasteiger partial charge in [0.05, 0.1) is 6.54 Å². The van der Waals surface area contributed by atoms with Crippen molar-refractivity contribution >= 4 is 17.0 Å². The van der Waals surface area contributed by atoms with Gasteiger partial charge in [0.25, 0.3) is 0 Å². The second kappa shape index (κ2) is 5.50. The zero-order valence-corrected chi connectivity index (χ0v) is 13.6. The molecule has 0 aromatic heterocycles. The SMILES string of the molecule is Br.OC1=C2C3=C(CC=C4C=CCC(=C42)CN1O)CCCC3. The summed E-state index contributed by atoms with van der Waals surface area (Å²) in [4.78, 5) is 0. The maximum atomic E-state index is 10.4. The molecule has 4 aliphatic rings. The average molecular weight is 350 g/mol. The minimum atomic E-state index is 0. The topological polar surface area (TPSA) is 43.7 Å². The van der Waals surface area contributed by atoms with Crippen molar-refractivity contribution in [1.82, 2.24) is 5.06 Å². The first kappa shape index (κ1) is 14.7. The molecule has 3 aliphatic carbocycles. The van der Waals surface area contributed by atoms with Crippen molar-refractivity contribution in [2.75, 3.05) is 6.54 Å². The first-order chi connectivity index (χ1) is 9.75. The fraction of sp³-hybridized carbons (Fsp3) is 0.412.